The van der Waals surface area contributed by atoms with Crippen molar-refractivity contribution in [2.45, 2.75) is 71.6 Å². The lowest BCUT2D eigenvalue weighted by atomic mass is 9.84. The van der Waals surface area contributed by atoms with Gasteiger partial charge in [-0.1, -0.05) is 26.8 Å². The van der Waals surface area contributed by atoms with Crippen molar-refractivity contribution >= 4 is 11.7 Å². The molecular weight excluding hydrogens is 266 g/mol. The summed E-state index contributed by atoms with van der Waals surface area (Å²) in [5, 5.41) is 2.93. The molecule has 1 saturated heterocycles. The van der Waals surface area contributed by atoms with Crippen molar-refractivity contribution in [2.75, 3.05) is 0 Å². The monoisotopic (exact) mass is 293 g/mol. The molecule has 0 aromatic carbocycles. The number of allylic oxidation sites excluding steroid dienone is 2. The van der Waals surface area contributed by atoms with Crippen molar-refractivity contribution in [1.29, 1.82) is 0 Å². The van der Waals surface area contributed by atoms with Gasteiger partial charge in [0.2, 0.25) is 5.91 Å². The largest absolute Gasteiger partial charge is 0.366 e. The number of hydrogen-bond donors (Lipinski definition) is 1. The quantitative estimate of drug-likeness (QED) is 0.756. The molecule has 0 aromatic heterocycles. The Labute approximate surface area is 127 Å². The predicted octanol–water partition coefficient (Wildman–Crippen LogP) is 2.62. The number of carbonyl (C=O) groups excluding carboxylic acids is 2. The van der Waals surface area contributed by atoms with Crippen LogP contribution in [0.2, 0.25) is 0 Å². The van der Waals surface area contributed by atoms with Gasteiger partial charge in [-0.05, 0) is 37.7 Å². The Kier molecular flexibility index (Phi) is 4.29. The molecule has 0 bridgehead atoms. The number of hydrogen-bond acceptors (Lipinski definition) is 3. The van der Waals surface area contributed by atoms with E-state index in [0.717, 1.165) is 19.3 Å². The summed E-state index contributed by atoms with van der Waals surface area (Å²) >= 11 is 0. The van der Waals surface area contributed by atoms with Gasteiger partial charge in [0.05, 0.1) is 11.7 Å². The van der Waals surface area contributed by atoms with E-state index >= 15 is 0 Å². The van der Waals surface area contributed by atoms with Crippen molar-refractivity contribution in [2.24, 2.45) is 11.3 Å². The van der Waals surface area contributed by atoms with Crippen LogP contribution in [0.1, 0.15) is 53.9 Å². The zero-order valence-electron chi connectivity index (χ0n) is 13.7. The van der Waals surface area contributed by atoms with Crippen molar-refractivity contribution in [3.05, 3.63) is 12.2 Å². The lowest BCUT2D eigenvalue weighted by Crippen LogP contribution is -2.41. The molecule has 1 amide bonds. The fourth-order valence-corrected chi connectivity index (χ4v) is 3.12. The third-order valence-corrected chi connectivity index (χ3v) is 4.84. The van der Waals surface area contributed by atoms with Crippen molar-refractivity contribution < 1.29 is 14.3 Å². The number of rotatable bonds is 1. The Balaban J connectivity index is 2.21. The van der Waals surface area contributed by atoms with Crippen LogP contribution in [0.15, 0.2) is 12.2 Å². The van der Waals surface area contributed by atoms with Gasteiger partial charge in [0.25, 0.3) is 0 Å². The maximum atomic E-state index is 12.3. The van der Waals surface area contributed by atoms with E-state index < -0.39 is 0 Å². The molecule has 1 aliphatic carbocycles. The molecule has 4 nitrogen and oxygen atoms in total. The molecule has 4 atom stereocenters. The molecule has 1 heterocycles. The second kappa shape index (κ2) is 5.56. The van der Waals surface area contributed by atoms with Crippen LogP contribution in [-0.2, 0) is 14.3 Å². The Morgan fingerprint density at radius 1 is 1.38 bits per heavy atom. The van der Waals surface area contributed by atoms with Gasteiger partial charge in [-0.25, -0.2) is 0 Å². The van der Waals surface area contributed by atoms with E-state index in [-0.39, 0.29) is 40.8 Å². The van der Waals surface area contributed by atoms with Crippen LogP contribution in [0.25, 0.3) is 0 Å². The van der Waals surface area contributed by atoms with Gasteiger partial charge in [-0.3, -0.25) is 9.59 Å². The van der Waals surface area contributed by atoms with Crippen molar-refractivity contribution in [3.8, 4) is 0 Å². The van der Waals surface area contributed by atoms with Gasteiger partial charge in [-0.15, -0.1) is 0 Å². The summed E-state index contributed by atoms with van der Waals surface area (Å²) in [5.41, 5.74) is -0.152. The number of ketones is 1. The average Bonchev–Trinajstić information content (AvgIpc) is 2.99. The standard InChI is InChI=1S/C17H27NO3/c1-11-13(18-12(2)19)6-9-17(5)15(21-17)10-16(3,4)8-7-14(11)20/h7-8,11,13,15H,6,9-10H2,1-5H3,(H,18,19)/b8-7+/t11-,13-,15+,17-/m1/s1. The van der Waals surface area contributed by atoms with Crippen LogP contribution in [0, 0.1) is 11.3 Å². The zero-order valence-corrected chi connectivity index (χ0v) is 13.7. The van der Waals surface area contributed by atoms with Gasteiger partial charge in [0.1, 0.15) is 0 Å². The van der Waals surface area contributed by atoms with Gasteiger partial charge < -0.3 is 10.1 Å². The summed E-state index contributed by atoms with van der Waals surface area (Å²) in [6.07, 6.45) is 6.49. The third-order valence-electron chi connectivity index (χ3n) is 4.84. The van der Waals surface area contributed by atoms with E-state index in [4.69, 9.17) is 4.74 Å². The topological polar surface area (TPSA) is 58.7 Å². The third kappa shape index (κ3) is 3.94. The first-order valence-electron chi connectivity index (χ1n) is 7.81. The van der Waals surface area contributed by atoms with Gasteiger partial charge in [0, 0.05) is 18.9 Å². The second-order valence-electron chi connectivity index (χ2n) is 7.48. The number of amides is 1. The van der Waals surface area contributed by atoms with E-state index in [1.54, 1.807) is 6.08 Å². The van der Waals surface area contributed by atoms with Gasteiger partial charge >= 0.3 is 0 Å². The summed E-state index contributed by atoms with van der Waals surface area (Å²) in [6.45, 7) is 9.79. The summed E-state index contributed by atoms with van der Waals surface area (Å²) in [6, 6.07) is -0.123. The molecule has 1 aliphatic heterocycles. The van der Waals surface area contributed by atoms with Gasteiger partial charge in [0.15, 0.2) is 5.78 Å². The molecular formula is C17H27NO3. The minimum absolute atomic E-state index is 0.0500. The molecule has 2 rings (SSSR count). The molecule has 4 heteroatoms. The Bertz CT molecular complexity index is 469. The smallest absolute Gasteiger partial charge is 0.217 e. The van der Waals surface area contributed by atoms with Crippen LogP contribution < -0.4 is 5.32 Å². The molecule has 0 aromatic rings. The Morgan fingerprint density at radius 2 is 2.05 bits per heavy atom. The highest BCUT2D eigenvalue weighted by Gasteiger charge is 2.53. The summed E-state index contributed by atoms with van der Waals surface area (Å²) in [5.74, 6) is -0.208. The number of epoxide rings is 1. The number of nitrogens with one attached hydrogen (secondary N) is 1. The van der Waals surface area contributed by atoms with Crippen molar-refractivity contribution in [1.82, 2.24) is 5.32 Å². The molecule has 0 spiro atoms. The van der Waals surface area contributed by atoms with E-state index in [1.165, 1.54) is 6.92 Å². The molecule has 0 radical (unpaired) electrons. The SMILES string of the molecule is CC(=O)N[C@@H]1CC[C@@]2(C)O[C@H]2CC(C)(C)/C=C/C(=O)[C@@H]1C. The highest BCUT2D eigenvalue weighted by Crippen LogP contribution is 2.47. The Hall–Kier alpha value is -1.16. The van der Waals surface area contributed by atoms with Crippen LogP contribution in [-0.4, -0.2) is 29.4 Å². The molecule has 2 aliphatic rings. The summed E-state index contributed by atoms with van der Waals surface area (Å²) in [4.78, 5) is 23.7. The number of carbonyl (C=O) groups is 2. The highest BCUT2D eigenvalue weighted by atomic mass is 16.6. The molecule has 21 heavy (non-hydrogen) atoms. The summed E-state index contributed by atoms with van der Waals surface area (Å²) < 4.78 is 5.90. The molecule has 1 N–H and O–H groups in total. The maximum Gasteiger partial charge on any atom is 0.217 e. The maximum absolute atomic E-state index is 12.3. The van der Waals surface area contributed by atoms with E-state index in [1.807, 2.05) is 13.0 Å². The fourth-order valence-electron chi connectivity index (χ4n) is 3.12. The average molecular weight is 293 g/mol. The minimum Gasteiger partial charge on any atom is -0.366 e. The molecule has 118 valence electrons. The lowest BCUT2D eigenvalue weighted by Gasteiger charge is -2.23. The zero-order chi connectivity index (χ0) is 15.8. The second-order valence-corrected chi connectivity index (χ2v) is 7.48. The predicted molar refractivity (Wildman–Crippen MR) is 81.8 cm³/mol. The van der Waals surface area contributed by atoms with E-state index in [2.05, 4.69) is 26.1 Å². The van der Waals surface area contributed by atoms with E-state index in [9.17, 15) is 9.59 Å². The molecule has 0 saturated carbocycles. The number of ether oxygens (including phenoxy) is 1. The van der Waals surface area contributed by atoms with Crippen molar-refractivity contribution in [3.63, 3.8) is 0 Å². The molecule has 1 fully saturated rings. The first-order chi connectivity index (χ1) is 9.63. The van der Waals surface area contributed by atoms with Gasteiger partial charge in [-0.2, -0.15) is 0 Å². The Morgan fingerprint density at radius 3 is 2.67 bits per heavy atom. The van der Waals surface area contributed by atoms with Crippen LogP contribution in [0.4, 0.5) is 0 Å². The first kappa shape index (κ1) is 16.2. The number of fused-ring (bicyclic) bond motifs is 1. The fraction of sp³-hybridized carbons (Fsp3) is 0.765. The normalized spacial score (nSPS) is 40.6. The first-order valence-corrected chi connectivity index (χ1v) is 7.81. The van der Waals surface area contributed by atoms with E-state index in [0.29, 0.717) is 0 Å². The van der Waals surface area contributed by atoms with Crippen LogP contribution >= 0.6 is 0 Å². The minimum atomic E-state index is -0.208. The van der Waals surface area contributed by atoms with Crippen LogP contribution in [0.3, 0.4) is 0 Å². The molecule has 0 unspecified atom stereocenters. The highest BCUT2D eigenvalue weighted by molar-refractivity contribution is 5.92. The lowest BCUT2D eigenvalue weighted by molar-refractivity contribution is -0.122. The van der Waals surface area contributed by atoms with Crippen LogP contribution in [0.5, 0.6) is 0 Å². The summed E-state index contributed by atoms with van der Waals surface area (Å²) in [7, 11) is 0.